The molecule has 0 aliphatic carbocycles. The number of anilines is 1. The van der Waals surface area contributed by atoms with Crippen molar-refractivity contribution in [2.45, 2.75) is 0 Å². The summed E-state index contributed by atoms with van der Waals surface area (Å²) in [6, 6.07) is 8.86. The van der Waals surface area contributed by atoms with Crippen LogP contribution in [0.25, 0.3) is 11.0 Å². The predicted octanol–water partition coefficient (Wildman–Crippen LogP) is -4.62. The third kappa shape index (κ3) is 3.51. The molecule has 0 radical (unpaired) electrons. The smallest absolute Gasteiger partial charge is 1.00 e. The minimum atomic E-state index is -0.478. The summed E-state index contributed by atoms with van der Waals surface area (Å²) in [5.74, 6) is 0. The van der Waals surface area contributed by atoms with Gasteiger partial charge in [0.1, 0.15) is 11.3 Å². The molecule has 0 atom stereocenters. The first-order valence-corrected chi connectivity index (χ1v) is 3.56. The third-order valence-electron chi connectivity index (χ3n) is 1.67. The molecule has 0 aliphatic rings. The topological polar surface area (TPSA) is 56.2 Å². The van der Waals surface area contributed by atoms with Gasteiger partial charge in [-0.2, -0.15) is 0 Å². The summed E-state index contributed by atoms with van der Waals surface area (Å²) in [7, 11) is 0. The molecule has 2 aromatic rings. The molecule has 1 heterocycles. The number of hydrogen-bond donors (Lipinski definition) is 1. The molecule has 0 bridgehead atoms. The number of rotatable bonds is 0. The molecular weight excluding hydrogens is 331 g/mol. The first-order valence-electron chi connectivity index (χ1n) is 3.56. The average Bonchev–Trinajstić information content (AvgIpc) is 2.07. The third-order valence-corrected chi connectivity index (χ3v) is 1.67. The molecular formula is C9H7Cl2NO2Pd. The number of hydrogen-bond acceptors (Lipinski definition) is 3. The molecule has 0 spiro atoms. The second-order valence-corrected chi connectivity index (χ2v) is 2.53. The van der Waals surface area contributed by atoms with Crippen molar-refractivity contribution in [1.82, 2.24) is 0 Å². The maximum atomic E-state index is 10.9. The Morgan fingerprint density at radius 2 is 1.73 bits per heavy atom. The van der Waals surface area contributed by atoms with Crippen LogP contribution < -0.4 is 36.2 Å². The van der Waals surface area contributed by atoms with Crippen LogP contribution in [0.5, 0.6) is 0 Å². The summed E-state index contributed by atoms with van der Waals surface area (Å²) < 4.78 is 4.91. The van der Waals surface area contributed by atoms with Gasteiger partial charge in [-0.1, -0.05) is 18.2 Å². The number of halogens is 2. The van der Waals surface area contributed by atoms with E-state index in [0.717, 1.165) is 5.39 Å². The number of nitrogens with two attached hydrogens (primary N) is 1. The van der Waals surface area contributed by atoms with Gasteiger partial charge in [-0.3, -0.25) is 0 Å². The Labute approximate surface area is 113 Å². The molecule has 0 fully saturated rings. The van der Waals surface area contributed by atoms with E-state index in [4.69, 9.17) is 10.2 Å². The first-order chi connectivity index (χ1) is 5.77. The molecule has 1 aromatic carbocycles. The van der Waals surface area contributed by atoms with Gasteiger partial charge in [0.05, 0.1) is 0 Å². The summed E-state index contributed by atoms with van der Waals surface area (Å²) >= 11 is 0. The minimum absolute atomic E-state index is 0. The number of benzene rings is 1. The maximum absolute atomic E-state index is 10.9. The first kappa shape index (κ1) is 16.9. The van der Waals surface area contributed by atoms with E-state index in [9.17, 15) is 4.79 Å². The Bertz CT molecular complexity index is 487. The number of fused-ring (bicyclic) bond motifs is 1. The fourth-order valence-corrected chi connectivity index (χ4v) is 1.08. The van der Waals surface area contributed by atoms with E-state index in [1.165, 1.54) is 0 Å². The monoisotopic (exact) mass is 337 g/mol. The number of nitrogen functional groups attached to an aromatic ring is 1. The Balaban J connectivity index is 0. The van der Waals surface area contributed by atoms with Crippen LogP contribution in [0.3, 0.4) is 0 Å². The van der Waals surface area contributed by atoms with Crippen molar-refractivity contribution in [3.05, 3.63) is 40.8 Å². The zero-order valence-electron chi connectivity index (χ0n) is 7.35. The molecule has 0 aliphatic heterocycles. The molecule has 6 heteroatoms. The van der Waals surface area contributed by atoms with E-state index in [-0.39, 0.29) is 50.9 Å². The molecule has 84 valence electrons. The zero-order valence-corrected chi connectivity index (χ0v) is 10.4. The Morgan fingerprint density at radius 3 is 2.40 bits per heavy atom. The second kappa shape index (κ2) is 6.86. The van der Waals surface area contributed by atoms with Crippen molar-refractivity contribution >= 4 is 16.7 Å². The van der Waals surface area contributed by atoms with E-state index >= 15 is 0 Å². The van der Waals surface area contributed by atoms with E-state index in [0.29, 0.717) is 5.58 Å². The summed E-state index contributed by atoms with van der Waals surface area (Å²) in [5, 5.41) is 0.842. The molecule has 15 heavy (non-hydrogen) atoms. The van der Waals surface area contributed by atoms with Crippen molar-refractivity contribution in [2.24, 2.45) is 0 Å². The van der Waals surface area contributed by atoms with Gasteiger partial charge in [0.2, 0.25) is 0 Å². The van der Waals surface area contributed by atoms with Crippen LogP contribution in [-0.2, 0) is 20.4 Å². The van der Waals surface area contributed by atoms with Crippen LogP contribution in [-0.4, -0.2) is 0 Å². The van der Waals surface area contributed by atoms with Gasteiger partial charge in [0, 0.05) is 5.39 Å². The van der Waals surface area contributed by atoms with Crippen LogP contribution in [0, 0.1) is 0 Å². The fourth-order valence-electron chi connectivity index (χ4n) is 1.08. The standard InChI is InChI=1S/C9H7NO2.2ClH.Pd/c10-7-5-6-3-1-2-4-8(6)12-9(7)11;;;/h1-5H,10H2;2*1H;/q;;;+2/p-2. The van der Waals surface area contributed by atoms with Crippen molar-refractivity contribution < 1.29 is 49.7 Å². The van der Waals surface area contributed by atoms with E-state index < -0.39 is 5.63 Å². The van der Waals surface area contributed by atoms with Gasteiger partial charge in [-0.05, 0) is 12.1 Å². The van der Waals surface area contributed by atoms with Crippen LogP contribution in [0.4, 0.5) is 5.69 Å². The van der Waals surface area contributed by atoms with Gasteiger partial charge in [0.15, 0.2) is 0 Å². The SMILES string of the molecule is Nc1cc2ccccc2oc1=O.[Cl-].[Cl-].[Pd+2]. The predicted molar refractivity (Wildman–Crippen MR) is 46.9 cm³/mol. The van der Waals surface area contributed by atoms with Gasteiger partial charge in [0.25, 0.3) is 0 Å². The van der Waals surface area contributed by atoms with Gasteiger partial charge in [-0.15, -0.1) is 0 Å². The van der Waals surface area contributed by atoms with Gasteiger partial charge < -0.3 is 35.0 Å². The molecule has 0 saturated carbocycles. The Kier molecular flexibility index (Phi) is 7.73. The summed E-state index contributed by atoms with van der Waals surface area (Å²) in [4.78, 5) is 10.9. The summed E-state index contributed by atoms with van der Waals surface area (Å²) in [5.41, 5.74) is 5.61. The molecule has 0 unspecified atom stereocenters. The zero-order chi connectivity index (χ0) is 8.55. The molecule has 2 N–H and O–H groups in total. The minimum Gasteiger partial charge on any atom is -1.00 e. The number of para-hydroxylation sites is 1. The molecule has 2 rings (SSSR count). The van der Waals surface area contributed by atoms with Crippen molar-refractivity contribution in [3.63, 3.8) is 0 Å². The van der Waals surface area contributed by atoms with Crippen LogP contribution in [0.1, 0.15) is 0 Å². The molecule has 0 saturated heterocycles. The normalized spacial score (nSPS) is 8.27. The summed E-state index contributed by atoms with van der Waals surface area (Å²) in [6.45, 7) is 0. The van der Waals surface area contributed by atoms with Gasteiger partial charge in [-0.25, -0.2) is 4.79 Å². The molecule has 3 nitrogen and oxygen atoms in total. The maximum Gasteiger partial charge on any atom is 2.00 e. The van der Waals surface area contributed by atoms with E-state index in [1.807, 2.05) is 18.2 Å². The van der Waals surface area contributed by atoms with Crippen LogP contribution >= 0.6 is 0 Å². The second-order valence-electron chi connectivity index (χ2n) is 2.53. The van der Waals surface area contributed by atoms with Crippen LogP contribution in [0.15, 0.2) is 39.5 Å². The average molecular weight is 338 g/mol. The van der Waals surface area contributed by atoms with Gasteiger partial charge >= 0.3 is 26.0 Å². The molecule has 1 aromatic heterocycles. The van der Waals surface area contributed by atoms with Crippen molar-refractivity contribution in [3.8, 4) is 0 Å². The van der Waals surface area contributed by atoms with Crippen molar-refractivity contribution in [1.29, 1.82) is 0 Å². The van der Waals surface area contributed by atoms with E-state index in [2.05, 4.69) is 0 Å². The van der Waals surface area contributed by atoms with E-state index in [1.54, 1.807) is 12.1 Å². The quantitative estimate of drug-likeness (QED) is 0.388. The fraction of sp³-hybridized carbons (Fsp3) is 0. The summed E-state index contributed by atoms with van der Waals surface area (Å²) in [6.07, 6.45) is 0. The van der Waals surface area contributed by atoms with Crippen LogP contribution in [0.2, 0.25) is 0 Å². The Morgan fingerprint density at radius 1 is 1.13 bits per heavy atom. The molecule has 0 amide bonds. The van der Waals surface area contributed by atoms with Crippen molar-refractivity contribution in [2.75, 3.05) is 5.73 Å². The Hall–Kier alpha value is -0.528. The largest absolute Gasteiger partial charge is 2.00 e.